The molecule has 0 bridgehead atoms. The van der Waals surface area contributed by atoms with E-state index in [9.17, 15) is 4.79 Å². The van der Waals surface area contributed by atoms with Gasteiger partial charge in [0.1, 0.15) is 5.76 Å². The minimum atomic E-state index is -0.203. The van der Waals surface area contributed by atoms with E-state index in [1.165, 1.54) is 6.42 Å². The van der Waals surface area contributed by atoms with Gasteiger partial charge in [0.05, 0.1) is 6.10 Å². The van der Waals surface area contributed by atoms with Gasteiger partial charge in [0, 0.05) is 19.2 Å². The molecule has 2 heterocycles. The van der Waals surface area contributed by atoms with Crippen LogP contribution in [0.15, 0.2) is 10.6 Å². The lowest BCUT2D eigenvalue weighted by Crippen LogP contribution is -2.35. The van der Waals surface area contributed by atoms with Crippen LogP contribution >= 0.6 is 0 Å². The number of rotatable bonds is 3. The molecule has 0 spiro atoms. The van der Waals surface area contributed by atoms with Crippen LogP contribution in [-0.4, -0.2) is 30.3 Å². The van der Waals surface area contributed by atoms with Gasteiger partial charge < -0.3 is 14.6 Å². The Morgan fingerprint density at radius 3 is 3.12 bits per heavy atom. The van der Waals surface area contributed by atoms with E-state index in [4.69, 9.17) is 9.26 Å². The molecule has 1 aromatic heterocycles. The topological polar surface area (TPSA) is 64.4 Å². The Kier molecular flexibility index (Phi) is 3.56. The zero-order chi connectivity index (χ0) is 11.4. The Morgan fingerprint density at radius 2 is 2.50 bits per heavy atom. The number of hydrogen-bond donors (Lipinski definition) is 1. The first-order valence-corrected chi connectivity index (χ1v) is 5.59. The van der Waals surface area contributed by atoms with E-state index in [1.807, 2.05) is 0 Å². The van der Waals surface area contributed by atoms with E-state index in [-0.39, 0.29) is 12.0 Å². The molecule has 0 aliphatic carbocycles. The van der Waals surface area contributed by atoms with Crippen molar-refractivity contribution in [3.63, 3.8) is 0 Å². The van der Waals surface area contributed by atoms with Gasteiger partial charge in [-0.05, 0) is 26.2 Å². The number of hydrogen-bond acceptors (Lipinski definition) is 4. The van der Waals surface area contributed by atoms with Crippen molar-refractivity contribution in [1.29, 1.82) is 0 Å². The van der Waals surface area contributed by atoms with Crippen molar-refractivity contribution in [1.82, 2.24) is 10.5 Å². The van der Waals surface area contributed by atoms with E-state index in [0.29, 0.717) is 18.0 Å². The number of nitrogens with zero attached hydrogens (tertiary/aromatic N) is 1. The average molecular weight is 224 g/mol. The van der Waals surface area contributed by atoms with Crippen LogP contribution in [0.25, 0.3) is 0 Å². The van der Waals surface area contributed by atoms with Crippen LogP contribution < -0.4 is 5.32 Å². The smallest absolute Gasteiger partial charge is 0.273 e. The summed E-state index contributed by atoms with van der Waals surface area (Å²) in [5.74, 6) is 0.435. The molecule has 16 heavy (non-hydrogen) atoms. The molecule has 1 aliphatic rings. The van der Waals surface area contributed by atoms with Gasteiger partial charge >= 0.3 is 0 Å². The normalized spacial score (nSPS) is 20.7. The van der Waals surface area contributed by atoms with Crippen LogP contribution in [0.3, 0.4) is 0 Å². The minimum Gasteiger partial charge on any atom is -0.376 e. The van der Waals surface area contributed by atoms with Gasteiger partial charge in [0.2, 0.25) is 0 Å². The molecule has 1 aliphatic heterocycles. The molecule has 88 valence electrons. The van der Waals surface area contributed by atoms with Gasteiger partial charge in [-0.2, -0.15) is 0 Å². The van der Waals surface area contributed by atoms with Crippen LogP contribution in [0, 0.1) is 6.92 Å². The lowest BCUT2D eigenvalue weighted by molar-refractivity contribution is 0.0168. The van der Waals surface area contributed by atoms with Crippen LogP contribution in [0.5, 0.6) is 0 Å². The van der Waals surface area contributed by atoms with Crippen molar-refractivity contribution >= 4 is 5.91 Å². The second kappa shape index (κ2) is 5.12. The highest BCUT2D eigenvalue weighted by atomic mass is 16.5. The fraction of sp³-hybridized carbons (Fsp3) is 0.636. The summed E-state index contributed by atoms with van der Waals surface area (Å²) in [6, 6.07) is 1.62. The number of carbonyl (C=O) groups is 1. The summed E-state index contributed by atoms with van der Waals surface area (Å²) in [5.41, 5.74) is 0.327. The number of ether oxygens (including phenoxy) is 1. The van der Waals surface area contributed by atoms with Crippen molar-refractivity contribution in [2.45, 2.75) is 32.3 Å². The zero-order valence-corrected chi connectivity index (χ0v) is 9.36. The molecule has 1 N–H and O–H groups in total. The molecule has 0 aromatic carbocycles. The Labute approximate surface area is 94.1 Å². The van der Waals surface area contributed by atoms with Gasteiger partial charge in [0.15, 0.2) is 5.69 Å². The first-order valence-electron chi connectivity index (χ1n) is 5.59. The summed E-state index contributed by atoms with van der Waals surface area (Å²) >= 11 is 0. The Bertz CT molecular complexity index is 356. The average Bonchev–Trinajstić information content (AvgIpc) is 2.74. The number of amides is 1. The molecule has 1 saturated heterocycles. The van der Waals surface area contributed by atoms with Crippen LogP contribution in [-0.2, 0) is 4.74 Å². The fourth-order valence-electron chi connectivity index (χ4n) is 1.74. The molecular formula is C11H16N2O3. The molecule has 0 saturated carbocycles. The standard InChI is InChI=1S/C11H16N2O3/c1-8-6-10(13-16-8)11(14)12-7-9-4-2-3-5-15-9/h6,9H,2-5,7H2,1H3,(H,12,14). The fourth-order valence-corrected chi connectivity index (χ4v) is 1.74. The Hall–Kier alpha value is -1.36. The van der Waals surface area contributed by atoms with E-state index in [2.05, 4.69) is 10.5 Å². The largest absolute Gasteiger partial charge is 0.376 e. The number of carbonyl (C=O) groups excluding carboxylic acids is 1. The third-order valence-electron chi connectivity index (χ3n) is 2.62. The molecule has 1 aromatic rings. The molecule has 1 atom stereocenters. The van der Waals surface area contributed by atoms with E-state index in [0.717, 1.165) is 19.4 Å². The van der Waals surface area contributed by atoms with Crippen molar-refractivity contribution in [2.24, 2.45) is 0 Å². The summed E-state index contributed by atoms with van der Waals surface area (Å²) in [7, 11) is 0. The molecule has 5 heteroatoms. The predicted molar refractivity (Wildman–Crippen MR) is 57.2 cm³/mol. The third-order valence-corrected chi connectivity index (χ3v) is 2.62. The van der Waals surface area contributed by atoms with Crippen LogP contribution in [0.4, 0.5) is 0 Å². The highest BCUT2D eigenvalue weighted by molar-refractivity contribution is 5.92. The van der Waals surface area contributed by atoms with Crippen LogP contribution in [0.1, 0.15) is 35.5 Å². The molecule has 1 fully saturated rings. The molecule has 2 rings (SSSR count). The maximum absolute atomic E-state index is 11.6. The summed E-state index contributed by atoms with van der Waals surface area (Å²) in [5, 5.41) is 6.45. The number of nitrogens with one attached hydrogen (secondary N) is 1. The first-order chi connectivity index (χ1) is 7.75. The van der Waals surface area contributed by atoms with Gasteiger partial charge in [-0.15, -0.1) is 0 Å². The van der Waals surface area contributed by atoms with E-state index in [1.54, 1.807) is 13.0 Å². The SMILES string of the molecule is Cc1cc(C(=O)NCC2CCCCO2)no1. The quantitative estimate of drug-likeness (QED) is 0.840. The predicted octanol–water partition coefficient (Wildman–Crippen LogP) is 1.28. The Balaban J connectivity index is 1.79. The van der Waals surface area contributed by atoms with Gasteiger partial charge in [-0.3, -0.25) is 4.79 Å². The minimum absolute atomic E-state index is 0.144. The number of aromatic nitrogens is 1. The molecule has 5 nitrogen and oxygen atoms in total. The lowest BCUT2D eigenvalue weighted by atomic mass is 10.1. The summed E-state index contributed by atoms with van der Waals surface area (Å²) < 4.78 is 10.3. The summed E-state index contributed by atoms with van der Waals surface area (Å²) in [4.78, 5) is 11.6. The van der Waals surface area contributed by atoms with Crippen LogP contribution in [0.2, 0.25) is 0 Å². The molecular weight excluding hydrogens is 208 g/mol. The second-order valence-corrected chi connectivity index (χ2v) is 4.02. The maximum atomic E-state index is 11.6. The monoisotopic (exact) mass is 224 g/mol. The van der Waals surface area contributed by atoms with Gasteiger partial charge in [-0.1, -0.05) is 5.16 Å². The van der Waals surface area contributed by atoms with Crippen molar-refractivity contribution < 1.29 is 14.1 Å². The summed E-state index contributed by atoms with van der Waals surface area (Å²) in [6.45, 7) is 3.10. The van der Waals surface area contributed by atoms with Crippen molar-refractivity contribution in [2.75, 3.05) is 13.2 Å². The second-order valence-electron chi connectivity index (χ2n) is 4.02. The number of aryl methyl sites for hydroxylation is 1. The van der Waals surface area contributed by atoms with Crippen molar-refractivity contribution in [3.05, 3.63) is 17.5 Å². The third kappa shape index (κ3) is 2.82. The Morgan fingerprint density at radius 1 is 1.62 bits per heavy atom. The lowest BCUT2D eigenvalue weighted by Gasteiger charge is -2.22. The van der Waals surface area contributed by atoms with Crippen molar-refractivity contribution in [3.8, 4) is 0 Å². The van der Waals surface area contributed by atoms with E-state index < -0.39 is 0 Å². The molecule has 1 amide bonds. The first kappa shape index (κ1) is 11.1. The molecule has 1 unspecified atom stereocenters. The molecule has 0 radical (unpaired) electrons. The highest BCUT2D eigenvalue weighted by Crippen LogP contribution is 2.11. The van der Waals surface area contributed by atoms with E-state index >= 15 is 0 Å². The maximum Gasteiger partial charge on any atom is 0.273 e. The van der Waals surface area contributed by atoms with Gasteiger partial charge in [-0.25, -0.2) is 0 Å². The summed E-state index contributed by atoms with van der Waals surface area (Å²) in [6.07, 6.45) is 3.44. The highest BCUT2D eigenvalue weighted by Gasteiger charge is 2.16. The zero-order valence-electron chi connectivity index (χ0n) is 9.36. The van der Waals surface area contributed by atoms with Gasteiger partial charge in [0.25, 0.3) is 5.91 Å².